The van der Waals surface area contributed by atoms with Gasteiger partial charge in [-0.2, -0.15) is 0 Å². The number of rotatable bonds is 5. The van der Waals surface area contributed by atoms with E-state index in [9.17, 15) is 4.79 Å². The number of para-hydroxylation sites is 2. The Hall–Kier alpha value is -1.15. The number of imidazole rings is 1. The molecule has 1 aliphatic heterocycles. The van der Waals surface area contributed by atoms with Gasteiger partial charge in [-0.15, -0.1) is 24.0 Å². The van der Waals surface area contributed by atoms with Crippen LogP contribution in [0.3, 0.4) is 0 Å². The third-order valence-electron chi connectivity index (χ3n) is 4.17. The summed E-state index contributed by atoms with van der Waals surface area (Å²) in [7, 11) is 0. The van der Waals surface area contributed by atoms with Crippen molar-refractivity contribution in [2.45, 2.75) is 32.7 Å². The molecule has 6 heteroatoms. The zero-order chi connectivity index (χ0) is 15.4. The van der Waals surface area contributed by atoms with E-state index in [4.69, 9.17) is 4.98 Å². The lowest BCUT2D eigenvalue weighted by atomic mass is 10.2. The lowest BCUT2D eigenvalue weighted by Crippen LogP contribution is -2.30. The van der Waals surface area contributed by atoms with E-state index in [0.29, 0.717) is 6.42 Å². The molecular weight excluding hydrogens is 403 g/mol. The van der Waals surface area contributed by atoms with Gasteiger partial charge in [0.05, 0.1) is 11.0 Å². The van der Waals surface area contributed by atoms with Gasteiger partial charge in [-0.05, 0) is 38.4 Å². The van der Waals surface area contributed by atoms with E-state index in [1.807, 2.05) is 6.07 Å². The van der Waals surface area contributed by atoms with E-state index in [-0.39, 0.29) is 29.8 Å². The van der Waals surface area contributed by atoms with Crippen molar-refractivity contribution >= 4 is 46.7 Å². The number of aryl methyl sites for hydroxylation is 1. The lowest BCUT2D eigenvalue weighted by molar-refractivity contribution is -0.117. The van der Waals surface area contributed by atoms with Crippen LogP contribution in [-0.4, -0.2) is 41.5 Å². The van der Waals surface area contributed by atoms with E-state index in [1.165, 1.54) is 5.52 Å². The maximum Gasteiger partial charge on any atom is 0.206 e. The smallest absolute Gasteiger partial charge is 0.206 e. The number of Topliss-reactive ketones (excluding diaryl/α,β-unsaturated/α-hetero) is 1. The number of nitrogens with zero attached hydrogens (tertiary/aromatic N) is 3. The number of carbonyl (C=O) groups excluding carboxylic acids is 1. The summed E-state index contributed by atoms with van der Waals surface area (Å²) in [5.74, 6) is 1.30. The van der Waals surface area contributed by atoms with Crippen LogP contribution in [0.5, 0.6) is 0 Å². The van der Waals surface area contributed by atoms with Crippen LogP contribution in [0, 0.1) is 0 Å². The second kappa shape index (κ2) is 8.63. The third kappa shape index (κ3) is 4.44. The Labute approximate surface area is 154 Å². The molecule has 0 spiro atoms. The van der Waals surface area contributed by atoms with Crippen LogP contribution >= 0.6 is 24.0 Å². The maximum absolute atomic E-state index is 11.2. The molecule has 3 rings (SSSR count). The van der Waals surface area contributed by atoms with Crippen LogP contribution in [-0.2, 0) is 11.3 Å². The average Bonchev–Trinajstić information content (AvgIpc) is 2.70. The highest BCUT2D eigenvalue weighted by atomic mass is 127. The Morgan fingerprint density at radius 1 is 1.26 bits per heavy atom. The fourth-order valence-corrected chi connectivity index (χ4v) is 3.06. The SMILES string of the molecule is CC(=O)CCCn1c(N2CCCNCC2)nc2ccccc21.I. The molecule has 0 bridgehead atoms. The first-order valence-electron chi connectivity index (χ1n) is 8.16. The summed E-state index contributed by atoms with van der Waals surface area (Å²) in [6.07, 6.45) is 2.64. The van der Waals surface area contributed by atoms with Crippen molar-refractivity contribution in [2.75, 3.05) is 31.1 Å². The van der Waals surface area contributed by atoms with Gasteiger partial charge in [0, 0.05) is 32.6 Å². The Morgan fingerprint density at radius 3 is 2.91 bits per heavy atom. The number of ketones is 1. The molecule has 1 N–H and O–H groups in total. The Kier molecular flexibility index (Phi) is 6.83. The quantitative estimate of drug-likeness (QED) is 0.745. The second-order valence-corrected chi connectivity index (χ2v) is 5.95. The molecule has 1 aromatic carbocycles. The molecular formula is C17H25IN4O. The van der Waals surface area contributed by atoms with Crippen LogP contribution < -0.4 is 10.2 Å². The molecule has 0 aliphatic carbocycles. The lowest BCUT2D eigenvalue weighted by Gasteiger charge is -2.22. The molecule has 0 unspecified atom stereocenters. The molecule has 0 saturated carbocycles. The fourth-order valence-electron chi connectivity index (χ4n) is 3.06. The van der Waals surface area contributed by atoms with Gasteiger partial charge < -0.3 is 19.6 Å². The minimum Gasteiger partial charge on any atom is -0.341 e. The minimum absolute atomic E-state index is 0. The van der Waals surface area contributed by atoms with Crippen LogP contribution in [0.15, 0.2) is 24.3 Å². The highest BCUT2D eigenvalue weighted by molar-refractivity contribution is 14.0. The molecule has 2 heterocycles. The van der Waals surface area contributed by atoms with E-state index in [0.717, 1.165) is 57.0 Å². The van der Waals surface area contributed by atoms with Gasteiger partial charge in [0.25, 0.3) is 0 Å². The van der Waals surface area contributed by atoms with Crippen LogP contribution in [0.2, 0.25) is 0 Å². The number of fused-ring (bicyclic) bond motifs is 1. The number of benzene rings is 1. The molecule has 0 atom stereocenters. The first kappa shape index (κ1) is 18.2. The predicted molar refractivity (Wildman–Crippen MR) is 105 cm³/mol. The Balaban J connectivity index is 0.00000192. The second-order valence-electron chi connectivity index (χ2n) is 5.95. The van der Waals surface area contributed by atoms with E-state index >= 15 is 0 Å². The average molecular weight is 428 g/mol. The summed E-state index contributed by atoms with van der Waals surface area (Å²) in [5, 5.41) is 3.43. The van der Waals surface area contributed by atoms with Gasteiger partial charge >= 0.3 is 0 Å². The summed E-state index contributed by atoms with van der Waals surface area (Å²) in [6.45, 7) is 6.59. The summed E-state index contributed by atoms with van der Waals surface area (Å²) >= 11 is 0. The van der Waals surface area contributed by atoms with Crippen molar-refractivity contribution < 1.29 is 4.79 Å². The van der Waals surface area contributed by atoms with Crippen molar-refractivity contribution in [3.05, 3.63) is 24.3 Å². The fraction of sp³-hybridized carbons (Fsp3) is 0.529. The zero-order valence-corrected chi connectivity index (χ0v) is 16.0. The van der Waals surface area contributed by atoms with Gasteiger partial charge in [0.15, 0.2) is 0 Å². The van der Waals surface area contributed by atoms with Gasteiger partial charge in [0.1, 0.15) is 5.78 Å². The molecule has 0 amide bonds. The third-order valence-corrected chi connectivity index (χ3v) is 4.17. The van der Waals surface area contributed by atoms with Gasteiger partial charge in [-0.1, -0.05) is 12.1 Å². The highest BCUT2D eigenvalue weighted by Crippen LogP contribution is 2.23. The summed E-state index contributed by atoms with van der Waals surface area (Å²) in [4.78, 5) is 18.4. The number of anilines is 1. The van der Waals surface area contributed by atoms with Crippen LogP contribution in [0.25, 0.3) is 11.0 Å². The molecule has 5 nitrogen and oxygen atoms in total. The topological polar surface area (TPSA) is 50.2 Å². The van der Waals surface area contributed by atoms with Crippen molar-refractivity contribution in [2.24, 2.45) is 0 Å². The number of hydrogen-bond donors (Lipinski definition) is 1. The van der Waals surface area contributed by atoms with Crippen molar-refractivity contribution in [1.82, 2.24) is 14.9 Å². The summed E-state index contributed by atoms with van der Waals surface area (Å²) in [5.41, 5.74) is 2.20. The molecule has 1 aliphatic rings. The number of halogens is 1. The van der Waals surface area contributed by atoms with Gasteiger partial charge in [-0.25, -0.2) is 4.98 Å². The zero-order valence-electron chi connectivity index (χ0n) is 13.6. The highest BCUT2D eigenvalue weighted by Gasteiger charge is 2.18. The molecule has 1 fully saturated rings. The molecule has 23 heavy (non-hydrogen) atoms. The van der Waals surface area contributed by atoms with E-state index in [1.54, 1.807) is 6.92 Å². The monoisotopic (exact) mass is 428 g/mol. The van der Waals surface area contributed by atoms with Crippen molar-refractivity contribution in [1.29, 1.82) is 0 Å². The Morgan fingerprint density at radius 2 is 2.09 bits per heavy atom. The minimum atomic E-state index is 0. The first-order valence-corrected chi connectivity index (χ1v) is 8.16. The number of nitrogens with one attached hydrogen (secondary N) is 1. The predicted octanol–water partition coefficient (Wildman–Crippen LogP) is 2.82. The van der Waals surface area contributed by atoms with Crippen LogP contribution in [0.4, 0.5) is 5.95 Å². The molecule has 1 saturated heterocycles. The Bertz CT molecular complexity index is 647. The maximum atomic E-state index is 11.2. The molecule has 126 valence electrons. The first-order chi connectivity index (χ1) is 10.8. The summed E-state index contributed by atoms with van der Waals surface area (Å²) < 4.78 is 2.28. The number of carbonyl (C=O) groups is 1. The van der Waals surface area contributed by atoms with Crippen molar-refractivity contribution in [3.8, 4) is 0 Å². The normalized spacial score (nSPS) is 15.3. The number of aromatic nitrogens is 2. The van der Waals surface area contributed by atoms with Crippen LogP contribution in [0.1, 0.15) is 26.2 Å². The van der Waals surface area contributed by atoms with Gasteiger partial charge in [-0.3, -0.25) is 0 Å². The molecule has 2 aromatic rings. The molecule has 0 radical (unpaired) electrons. The van der Waals surface area contributed by atoms with Gasteiger partial charge in [0.2, 0.25) is 5.95 Å². The number of hydrogen-bond acceptors (Lipinski definition) is 4. The largest absolute Gasteiger partial charge is 0.341 e. The van der Waals surface area contributed by atoms with E-state index in [2.05, 4.69) is 33.0 Å². The van der Waals surface area contributed by atoms with E-state index < -0.39 is 0 Å². The summed E-state index contributed by atoms with van der Waals surface area (Å²) in [6, 6.07) is 8.27. The standard InChI is InChI=1S/C17H24N4O.HI/c1-14(22)6-4-12-21-16-8-3-2-7-15(16)19-17(21)20-11-5-9-18-10-13-20;/h2-3,7-8,18H,4-6,9-13H2,1H3;1H. The molecule has 1 aromatic heterocycles. The van der Waals surface area contributed by atoms with Crippen molar-refractivity contribution in [3.63, 3.8) is 0 Å².